The van der Waals surface area contributed by atoms with Gasteiger partial charge in [-0.1, -0.05) is 78.9 Å². The minimum Gasteiger partial charge on any atom is -0.469 e. The fraction of sp³-hybridized carbons (Fsp3) is 0.233. The first-order valence-corrected chi connectivity index (χ1v) is 13.0. The molecule has 4 rings (SSSR count). The number of esters is 1. The lowest BCUT2D eigenvalue weighted by Crippen LogP contribution is -2.16. The molecule has 0 aliphatic heterocycles. The van der Waals surface area contributed by atoms with Crippen LogP contribution in [0.2, 0.25) is 0 Å². The fourth-order valence-corrected chi connectivity index (χ4v) is 4.71. The summed E-state index contributed by atoms with van der Waals surface area (Å²) in [6, 6.07) is 26.3. The third-order valence-corrected chi connectivity index (χ3v) is 6.97. The van der Waals surface area contributed by atoms with Crippen LogP contribution in [0.1, 0.15) is 43.4 Å². The van der Waals surface area contributed by atoms with Crippen molar-refractivity contribution < 1.29 is 19.1 Å². The summed E-state index contributed by atoms with van der Waals surface area (Å²) in [4.78, 5) is 24.6. The zero-order valence-electron chi connectivity index (χ0n) is 21.0. The Bertz CT molecular complexity index is 1300. The van der Waals surface area contributed by atoms with Gasteiger partial charge in [0, 0.05) is 6.42 Å². The lowest BCUT2D eigenvalue weighted by atomic mass is 10.00. The zero-order valence-corrected chi connectivity index (χ0v) is 21.8. The SMILES string of the molecule is COC(=O)CCCCc1ccc(-c2ccc(-c3sncc3NC(=O)O[C@H](C)c3ccccc3)cc2)cc1. The van der Waals surface area contributed by atoms with Crippen LogP contribution in [0.5, 0.6) is 0 Å². The van der Waals surface area contributed by atoms with E-state index in [2.05, 4.69) is 50.8 Å². The van der Waals surface area contributed by atoms with Gasteiger partial charge >= 0.3 is 12.1 Å². The lowest BCUT2D eigenvalue weighted by molar-refractivity contribution is -0.140. The molecule has 7 heteroatoms. The molecule has 190 valence electrons. The monoisotopic (exact) mass is 514 g/mol. The van der Waals surface area contributed by atoms with E-state index in [1.165, 1.54) is 24.2 Å². The molecule has 1 atom stereocenters. The van der Waals surface area contributed by atoms with Gasteiger partial charge in [0.15, 0.2) is 0 Å². The van der Waals surface area contributed by atoms with Crippen molar-refractivity contribution in [3.05, 3.63) is 96.2 Å². The number of aromatic nitrogens is 1. The Labute approximate surface area is 221 Å². The maximum Gasteiger partial charge on any atom is 0.412 e. The number of carbonyl (C=O) groups is 2. The average Bonchev–Trinajstić information content (AvgIpc) is 3.39. The van der Waals surface area contributed by atoms with Crippen molar-refractivity contribution in [1.29, 1.82) is 0 Å². The molecule has 1 aromatic heterocycles. The number of rotatable bonds is 10. The van der Waals surface area contributed by atoms with Crippen LogP contribution in [0.3, 0.4) is 0 Å². The summed E-state index contributed by atoms with van der Waals surface area (Å²) >= 11 is 1.33. The molecular weight excluding hydrogens is 484 g/mol. The van der Waals surface area contributed by atoms with Crippen LogP contribution in [0.4, 0.5) is 10.5 Å². The number of anilines is 1. The van der Waals surface area contributed by atoms with Gasteiger partial charge in [-0.15, -0.1) is 0 Å². The van der Waals surface area contributed by atoms with Gasteiger partial charge in [0.2, 0.25) is 0 Å². The number of aryl methyl sites for hydroxylation is 1. The predicted molar refractivity (Wildman–Crippen MR) is 148 cm³/mol. The molecule has 0 spiro atoms. The second kappa shape index (κ2) is 12.8. The molecule has 0 bridgehead atoms. The molecular formula is C30H30N2O4S. The molecule has 4 aromatic rings. The highest BCUT2D eigenvalue weighted by Crippen LogP contribution is 2.33. The molecule has 0 radical (unpaired) electrons. The van der Waals surface area contributed by atoms with Crippen LogP contribution in [-0.4, -0.2) is 23.5 Å². The van der Waals surface area contributed by atoms with Crippen molar-refractivity contribution in [2.45, 2.75) is 38.7 Å². The largest absolute Gasteiger partial charge is 0.469 e. The Kier molecular flexibility index (Phi) is 9.05. The summed E-state index contributed by atoms with van der Waals surface area (Å²) < 4.78 is 14.5. The number of hydrogen-bond donors (Lipinski definition) is 1. The standard InChI is InChI=1S/C30H30N2O4S/c1-21(23-9-4-3-5-10-23)36-30(34)32-27-20-31-37-29(27)26-18-16-25(17-19-26)24-14-12-22(13-15-24)8-6-7-11-28(33)35-2/h3-5,9-10,12-21H,6-8,11H2,1-2H3,(H,32,34)/t21-/m1/s1. The molecule has 1 N–H and O–H groups in total. The van der Waals surface area contributed by atoms with Gasteiger partial charge < -0.3 is 9.47 Å². The second-order valence-corrected chi connectivity index (χ2v) is 9.51. The number of methoxy groups -OCH3 is 1. The van der Waals surface area contributed by atoms with E-state index in [4.69, 9.17) is 4.74 Å². The molecule has 37 heavy (non-hydrogen) atoms. The molecule has 0 saturated heterocycles. The molecule has 0 fully saturated rings. The number of nitrogens with one attached hydrogen (secondary N) is 1. The first-order valence-electron chi connectivity index (χ1n) is 12.3. The number of hydrogen-bond acceptors (Lipinski definition) is 6. The fourth-order valence-electron chi connectivity index (χ4n) is 4.01. The molecule has 0 saturated carbocycles. The highest BCUT2D eigenvalue weighted by Gasteiger charge is 2.15. The Morgan fingerprint density at radius 1 is 0.892 bits per heavy atom. The van der Waals surface area contributed by atoms with Gasteiger partial charge in [-0.05, 0) is 65.5 Å². The summed E-state index contributed by atoms with van der Waals surface area (Å²) in [5.41, 5.74) is 6.02. The van der Waals surface area contributed by atoms with Crippen LogP contribution < -0.4 is 5.32 Å². The zero-order chi connectivity index (χ0) is 26.0. The van der Waals surface area contributed by atoms with Gasteiger partial charge in [0.25, 0.3) is 0 Å². The van der Waals surface area contributed by atoms with Crippen molar-refractivity contribution in [3.63, 3.8) is 0 Å². The molecule has 0 unspecified atom stereocenters. The van der Waals surface area contributed by atoms with Gasteiger partial charge in [0.1, 0.15) is 6.10 Å². The van der Waals surface area contributed by atoms with Crippen LogP contribution in [0.25, 0.3) is 21.6 Å². The van der Waals surface area contributed by atoms with Crippen molar-refractivity contribution in [1.82, 2.24) is 4.37 Å². The summed E-state index contributed by atoms with van der Waals surface area (Å²) in [6.07, 6.45) is 3.95. The normalized spacial score (nSPS) is 11.5. The second-order valence-electron chi connectivity index (χ2n) is 8.71. The quantitative estimate of drug-likeness (QED) is 0.173. The number of amides is 1. The topological polar surface area (TPSA) is 77.5 Å². The van der Waals surface area contributed by atoms with Crippen LogP contribution in [0.15, 0.2) is 85.1 Å². The van der Waals surface area contributed by atoms with Crippen LogP contribution in [-0.2, 0) is 20.7 Å². The Morgan fingerprint density at radius 2 is 1.54 bits per heavy atom. The van der Waals surface area contributed by atoms with E-state index in [0.717, 1.165) is 46.4 Å². The Balaban J connectivity index is 1.34. The van der Waals surface area contributed by atoms with Crippen LogP contribution in [0, 0.1) is 0 Å². The third-order valence-electron chi connectivity index (χ3n) is 6.12. The number of ether oxygens (including phenoxy) is 2. The minimum atomic E-state index is -0.514. The molecule has 1 heterocycles. The summed E-state index contributed by atoms with van der Waals surface area (Å²) in [6.45, 7) is 1.85. The van der Waals surface area contributed by atoms with E-state index in [1.54, 1.807) is 6.20 Å². The summed E-state index contributed by atoms with van der Waals surface area (Å²) in [5.74, 6) is -0.155. The van der Waals surface area contributed by atoms with Crippen molar-refractivity contribution in [2.75, 3.05) is 12.4 Å². The molecule has 1 amide bonds. The highest BCUT2D eigenvalue weighted by atomic mass is 32.1. The van der Waals surface area contributed by atoms with Gasteiger partial charge in [0.05, 0.1) is 23.9 Å². The number of carbonyl (C=O) groups excluding carboxylic acids is 2. The smallest absolute Gasteiger partial charge is 0.412 e. The maximum absolute atomic E-state index is 12.5. The Hall–Kier alpha value is -3.97. The summed E-state index contributed by atoms with van der Waals surface area (Å²) in [5, 5.41) is 2.83. The first kappa shape index (κ1) is 26.1. The van der Waals surface area contributed by atoms with Crippen molar-refractivity contribution in [2.24, 2.45) is 0 Å². The van der Waals surface area contributed by atoms with Crippen molar-refractivity contribution in [3.8, 4) is 21.6 Å². The molecule has 0 aliphatic carbocycles. The van der Waals surface area contributed by atoms with Crippen molar-refractivity contribution >= 4 is 29.3 Å². The van der Waals surface area contributed by atoms with Gasteiger partial charge in [-0.2, -0.15) is 4.37 Å². The lowest BCUT2D eigenvalue weighted by Gasteiger charge is -2.14. The first-order chi connectivity index (χ1) is 18.0. The maximum atomic E-state index is 12.5. The highest BCUT2D eigenvalue weighted by molar-refractivity contribution is 7.10. The number of nitrogens with zero attached hydrogens (tertiary/aromatic N) is 1. The molecule has 0 aliphatic rings. The van der Waals surface area contributed by atoms with E-state index in [9.17, 15) is 9.59 Å². The predicted octanol–water partition coefficient (Wildman–Crippen LogP) is 7.67. The van der Waals surface area contributed by atoms with E-state index in [-0.39, 0.29) is 12.1 Å². The molecule has 3 aromatic carbocycles. The number of unbranched alkanes of at least 4 members (excludes halogenated alkanes) is 1. The third kappa shape index (κ3) is 7.27. The Morgan fingerprint density at radius 3 is 2.22 bits per heavy atom. The van der Waals surface area contributed by atoms with Gasteiger partial charge in [-0.25, -0.2) is 4.79 Å². The van der Waals surface area contributed by atoms with E-state index in [0.29, 0.717) is 12.1 Å². The summed E-state index contributed by atoms with van der Waals surface area (Å²) in [7, 11) is 1.42. The number of benzene rings is 3. The van der Waals surface area contributed by atoms with E-state index < -0.39 is 6.09 Å². The van der Waals surface area contributed by atoms with Gasteiger partial charge in [-0.3, -0.25) is 10.1 Å². The van der Waals surface area contributed by atoms with Crippen LogP contribution >= 0.6 is 11.5 Å². The van der Waals surface area contributed by atoms with E-state index >= 15 is 0 Å². The minimum absolute atomic E-state index is 0.155. The molecule has 6 nitrogen and oxygen atoms in total. The average molecular weight is 515 g/mol. The van der Waals surface area contributed by atoms with E-state index in [1.807, 2.05) is 49.4 Å².